The van der Waals surface area contributed by atoms with Gasteiger partial charge in [-0.3, -0.25) is 0 Å². The van der Waals surface area contributed by atoms with Crippen LogP contribution in [0.25, 0.3) is 5.69 Å². The first-order chi connectivity index (χ1) is 10.3. The van der Waals surface area contributed by atoms with Gasteiger partial charge in [0.25, 0.3) is 0 Å². The fourth-order valence-corrected chi connectivity index (χ4v) is 2.04. The molecule has 6 nitrogen and oxygen atoms in total. The van der Waals surface area contributed by atoms with Gasteiger partial charge in [-0.2, -0.15) is 4.68 Å². The minimum Gasteiger partial charge on any atom is -0.491 e. The van der Waals surface area contributed by atoms with Crippen LogP contribution in [0.5, 0.6) is 5.75 Å². The SMILES string of the molecule is CCC(C)Oc1cccc(-n2nnnc2CNC2CC2)c1. The minimum absolute atomic E-state index is 0.199. The lowest BCUT2D eigenvalue weighted by atomic mass is 10.2. The van der Waals surface area contributed by atoms with Gasteiger partial charge < -0.3 is 10.1 Å². The van der Waals surface area contributed by atoms with Gasteiger partial charge in [-0.1, -0.05) is 13.0 Å². The predicted molar refractivity (Wildman–Crippen MR) is 79.4 cm³/mol. The molecule has 3 rings (SSSR count). The highest BCUT2D eigenvalue weighted by atomic mass is 16.5. The highest BCUT2D eigenvalue weighted by molar-refractivity contribution is 5.39. The summed E-state index contributed by atoms with van der Waals surface area (Å²) < 4.78 is 7.62. The number of nitrogens with zero attached hydrogens (tertiary/aromatic N) is 4. The summed E-state index contributed by atoms with van der Waals surface area (Å²) >= 11 is 0. The molecule has 1 fully saturated rings. The van der Waals surface area contributed by atoms with Crippen molar-refractivity contribution in [1.82, 2.24) is 25.5 Å². The molecule has 1 aromatic heterocycles. The molecule has 21 heavy (non-hydrogen) atoms. The van der Waals surface area contributed by atoms with Crippen LogP contribution in [-0.2, 0) is 6.54 Å². The number of tetrazole rings is 1. The van der Waals surface area contributed by atoms with Crippen molar-refractivity contribution in [1.29, 1.82) is 0 Å². The first-order valence-corrected chi connectivity index (χ1v) is 7.54. The van der Waals surface area contributed by atoms with Crippen LogP contribution in [0.1, 0.15) is 38.9 Å². The zero-order valence-electron chi connectivity index (χ0n) is 12.5. The van der Waals surface area contributed by atoms with E-state index >= 15 is 0 Å². The molecule has 112 valence electrons. The summed E-state index contributed by atoms with van der Waals surface area (Å²) in [5, 5.41) is 15.4. The Morgan fingerprint density at radius 3 is 3.05 bits per heavy atom. The first-order valence-electron chi connectivity index (χ1n) is 7.54. The number of nitrogens with one attached hydrogen (secondary N) is 1. The van der Waals surface area contributed by atoms with E-state index in [-0.39, 0.29) is 6.10 Å². The van der Waals surface area contributed by atoms with Gasteiger partial charge in [0.1, 0.15) is 5.75 Å². The average molecular weight is 287 g/mol. The Balaban J connectivity index is 1.76. The summed E-state index contributed by atoms with van der Waals surface area (Å²) in [7, 11) is 0. The maximum Gasteiger partial charge on any atom is 0.170 e. The third-order valence-corrected chi connectivity index (χ3v) is 3.63. The quantitative estimate of drug-likeness (QED) is 0.844. The highest BCUT2D eigenvalue weighted by Crippen LogP contribution is 2.21. The van der Waals surface area contributed by atoms with Crippen LogP contribution in [0.3, 0.4) is 0 Å². The van der Waals surface area contributed by atoms with Crippen molar-refractivity contribution in [2.45, 2.75) is 51.8 Å². The molecule has 0 saturated heterocycles. The molecule has 0 radical (unpaired) electrons. The largest absolute Gasteiger partial charge is 0.491 e. The monoisotopic (exact) mass is 287 g/mol. The van der Waals surface area contributed by atoms with Crippen LogP contribution >= 0.6 is 0 Å². The Bertz CT molecular complexity index is 593. The molecule has 1 saturated carbocycles. The molecule has 0 bridgehead atoms. The second-order valence-electron chi connectivity index (χ2n) is 5.50. The number of aromatic nitrogens is 4. The van der Waals surface area contributed by atoms with Gasteiger partial charge in [-0.25, -0.2) is 0 Å². The normalized spacial score (nSPS) is 15.9. The van der Waals surface area contributed by atoms with Crippen molar-refractivity contribution < 1.29 is 4.74 Å². The molecular formula is C15H21N5O. The summed E-state index contributed by atoms with van der Waals surface area (Å²) in [4.78, 5) is 0. The topological polar surface area (TPSA) is 64.9 Å². The van der Waals surface area contributed by atoms with Crippen molar-refractivity contribution in [3.63, 3.8) is 0 Å². The minimum atomic E-state index is 0.199. The smallest absolute Gasteiger partial charge is 0.170 e. The lowest BCUT2D eigenvalue weighted by molar-refractivity contribution is 0.217. The third kappa shape index (κ3) is 3.58. The van der Waals surface area contributed by atoms with Crippen LogP contribution in [0, 0.1) is 0 Å². The number of benzene rings is 1. The van der Waals surface area contributed by atoms with Crippen molar-refractivity contribution in [3.05, 3.63) is 30.1 Å². The Morgan fingerprint density at radius 1 is 1.43 bits per heavy atom. The molecule has 1 aromatic carbocycles. The van der Waals surface area contributed by atoms with E-state index in [1.165, 1.54) is 12.8 Å². The van der Waals surface area contributed by atoms with E-state index in [1.807, 2.05) is 24.3 Å². The molecule has 1 atom stereocenters. The standard InChI is InChI=1S/C15H21N5O/c1-3-11(2)21-14-6-4-5-13(9-14)20-15(17-18-19-20)10-16-12-7-8-12/h4-6,9,11-12,16H,3,7-8,10H2,1-2H3. The van der Waals surface area contributed by atoms with Crippen molar-refractivity contribution in [2.24, 2.45) is 0 Å². The Kier molecular flexibility index (Phi) is 4.15. The van der Waals surface area contributed by atoms with Gasteiger partial charge in [0.15, 0.2) is 5.82 Å². The molecule has 0 spiro atoms. The maximum absolute atomic E-state index is 5.85. The molecule has 2 aromatic rings. The summed E-state index contributed by atoms with van der Waals surface area (Å²) in [5.41, 5.74) is 0.924. The van der Waals surface area contributed by atoms with Crippen molar-refractivity contribution in [2.75, 3.05) is 0 Å². The zero-order chi connectivity index (χ0) is 14.7. The zero-order valence-corrected chi connectivity index (χ0v) is 12.5. The number of hydrogen-bond acceptors (Lipinski definition) is 5. The molecule has 1 heterocycles. The van der Waals surface area contributed by atoms with E-state index in [1.54, 1.807) is 4.68 Å². The van der Waals surface area contributed by atoms with Crippen LogP contribution in [-0.4, -0.2) is 32.4 Å². The summed E-state index contributed by atoms with van der Waals surface area (Å²) in [5.74, 6) is 1.67. The second kappa shape index (κ2) is 6.22. The van der Waals surface area contributed by atoms with E-state index in [2.05, 4.69) is 34.7 Å². The number of hydrogen-bond donors (Lipinski definition) is 1. The molecule has 1 aliphatic rings. The van der Waals surface area contributed by atoms with E-state index in [9.17, 15) is 0 Å². The highest BCUT2D eigenvalue weighted by Gasteiger charge is 2.21. The van der Waals surface area contributed by atoms with Crippen molar-refractivity contribution in [3.8, 4) is 11.4 Å². The summed E-state index contributed by atoms with van der Waals surface area (Å²) in [6.07, 6.45) is 3.68. The molecule has 1 aliphatic carbocycles. The lowest BCUT2D eigenvalue weighted by Gasteiger charge is -2.13. The van der Waals surface area contributed by atoms with E-state index in [0.717, 1.165) is 23.7 Å². The third-order valence-electron chi connectivity index (χ3n) is 3.63. The lowest BCUT2D eigenvalue weighted by Crippen LogP contribution is -2.19. The van der Waals surface area contributed by atoms with Crippen LogP contribution in [0.15, 0.2) is 24.3 Å². The Labute approximate surface area is 124 Å². The van der Waals surface area contributed by atoms with Gasteiger partial charge in [0, 0.05) is 12.1 Å². The summed E-state index contributed by atoms with van der Waals surface area (Å²) in [6, 6.07) is 8.52. The van der Waals surface area contributed by atoms with Gasteiger partial charge in [-0.15, -0.1) is 5.10 Å². The van der Waals surface area contributed by atoms with E-state index in [0.29, 0.717) is 12.6 Å². The Hall–Kier alpha value is -1.95. The van der Waals surface area contributed by atoms with Gasteiger partial charge in [0.2, 0.25) is 0 Å². The number of rotatable bonds is 7. The van der Waals surface area contributed by atoms with Gasteiger partial charge >= 0.3 is 0 Å². The molecular weight excluding hydrogens is 266 g/mol. The average Bonchev–Trinajstić information content (AvgIpc) is 3.21. The molecule has 1 unspecified atom stereocenters. The fourth-order valence-electron chi connectivity index (χ4n) is 2.04. The van der Waals surface area contributed by atoms with Crippen LogP contribution < -0.4 is 10.1 Å². The second-order valence-corrected chi connectivity index (χ2v) is 5.50. The first kappa shape index (κ1) is 14.0. The van der Waals surface area contributed by atoms with E-state index < -0.39 is 0 Å². The Morgan fingerprint density at radius 2 is 2.29 bits per heavy atom. The predicted octanol–water partition coefficient (Wildman–Crippen LogP) is 2.09. The molecule has 0 aliphatic heterocycles. The fraction of sp³-hybridized carbons (Fsp3) is 0.533. The molecule has 1 N–H and O–H groups in total. The van der Waals surface area contributed by atoms with Crippen molar-refractivity contribution >= 4 is 0 Å². The van der Waals surface area contributed by atoms with Gasteiger partial charge in [-0.05, 0) is 48.7 Å². The van der Waals surface area contributed by atoms with E-state index in [4.69, 9.17) is 4.74 Å². The number of ether oxygens (including phenoxy) is 1. The summed E-state index contributed by atoms with van der Waals surface area (Å²) in [6.45, 7) is 4.86. The van der Waals surface area contributed by atoms with Crippen LogP contribution in [0.4, 0.5) is 0 Å². The molecule has 0 amide bonds. The van der Waals surface area contributed by atoms with Crippen LogP contribution in [0.2, 0.25) is 0 Å². The molecule has 6 heteroatoms. The maximum atomic E-state index is 5.85. The van der Waals surface area contributed by atoms with Gasteiger partial charge in [0.05, 0.1) is 18.3 Å².